The van der Waals surface area contributed by atoms with Crippen molar-refractivity contribution in [1.82, 2.24) is 30.2 Å². The van der Waals surface area contributed by atoms with Crippen LogP contribution in [0.2, 0.25) is 0 Å². The molecule has 306 valence electrons. The topological polar surface area (TPSA) is 389 Å². The van der Waals surface area contributed by atoms with Crippen LogP contribution in [0.1, 0.15) is 0 Å². The Bertz CT molecular complexity index is 958. The maximum absolute atomic E-state index is 11.6. The second-order valence-electron chi connectivity index (χ2n) is 12.1. The summed E-state index contributed by atoms with van der Waals surface area (Å²) in [5.41, 5.74) is 0. The van der Waals surface area contributed by atoms with E-state index >= 15 is 0 Å². The van der Waals surface area contributed by atoms with Crippen LogP contribution in [0.5, 0.6) is 0 Å². The Kier molecular flexibility index (Phi) is 25.5. The molecule has 16 N–H and O–H groups in total. The average Bonchev–Trinajstić information content (AvgIpc) is 3.07. The number of hydrogen-bond donors (Lipinski definition) is 16. The molecule has 24 heteroatoms. The summed E-state index contributed by atoms with van der Waals surface area (Å²) in [6, 6.07) is 0. The third kappa shape index (κ3) is 21.7. The summed E-state index contributed by atoms with van der Waals surface area (Å²) in [4.78, 5) is 51.5. The fourth-order valence-corrected chi connectivity index (χ4v) is 4.69. The summed E-state index contributed by atoms with van der Waals surface area (Å²) in [7, 11) is 0. The van der Waals surface area contributed by atoms with E-state index in [9.17, 15) is 80.5 Å². The van der Waals surface area contributed by atoms with Gasteiger partial charge >= 0.3 is 23.9 Å². The highest BCUT2D eigenvalue weighted by Crippen LogP contribution is 2.06. The number of nitrogens with zero attached hydrogens (tertiary/aromatic N) is 4. The minimum absolute atomic E-state index is 0.0207. The van der Waals surface area contributed by atoms with E-state index in [1.54, 1.807) is 0 Å². The molecule has 0 rings (SSSR count). The van der Waals surface area contributed by atoms with Crippen LogP contribution < -0.4 is 10.6 Å². The highest BCUT2D eigenvalue weighted by atomic mass is 16.4. The zero-order valence-electron chi connectivity index (χ0n) is 28.6. The summed E-state index contributed by atoms with van der Waals surface area (Å²) < 4.78 is 0. The molecule has 0 unspecified atom stereocenters. The molecule has 0 heterocycles. The van der Waals surface area contributed by atoms with E-state index in [1.165, 1.54) is 19.6 Å². The van der Waals surface area contributed by atoms with Crippen molar-refractivity contribution in [3.05, 3.63) is 0 Å². The van der Waals surface area contributed by atoms with Crippen LogP contribution in [0.25, 0.3) is 0 Å². The van der Waals surface area contributed by atoms with Gasteiger partial charge in [-0.05, 0) is 0 Å². The molecule has 0 aliphatic carbocycles. The van der Waals surface area contributed by atoms with Gasteiger partial charge in [-0.15, -0.1) is 0 Å². The molecule has 0 aliphatic heterocycles. The number of rotatable bonds is 33. The van der Waals surface area contributed by atoms with Crippen LogP contribution in [0.3, 0.4) is 0 Å². The second-order valence-corrected chi connectivity index (χ2v) is 12.1. The lowest BCUT2D eigenvalue weighted by Crippen LogP contribution is -2.51. The molecule has 0 aliphatic rings. The summed E-state index contributed by atoms with van der Waals surface area (Å²) in [6.07, 6.45) is -14.1. The third-order valence-electron chi connectivity index (χ3n) is 7.66. The van der Waals surface area contributed by atoms with E-state index in [0.29, 0.717) is 0 Å². The summed E-state index contributed by atoms with van der Waals surface area (Å²) in [5, 5.41) is 139. The third-order valence-corrected chi connectivity index (χ3v) is 7.66. The van der Waals surface area contributed by atoms with Crippen molar-refractivity contribution in [2.24, 2.45) is 0 Å². The maximum atomic E-state index is 11.6. The van der Waals surface area contributed by atoms with Crippen LogP contribution in [-0.4, -0.2) is 269 Å². The van der Waals surface area contributed by atoms with Gasteiger partial charge in [-0.1, -0.05) is 0 Å². The first-order chi connectivity index (χ1) is 24.3. The summed E-state index contributed by atoms with van der Waals surface area (Å²) >= 11 is 0. The predicted molar refractivity (Wildman–Crippen MR) is 175 cm³/mol. The number of aliphatic hydroxyl groups excluding tert-OH is 10. The molecule has 52 heavy (non-hydrogen) atoms. The van der Waals surface area contributed by atoms with E-state index in [-0.39, 0.29) is 65.7 Å². The molecule has 24 nitrogen and oxygen atoms in total. The Labute approximate surface area is 298 Å². The standard InChI is InChI=1S/C28H56N6O18/c35-13-19(39)27(51)25(49)17(37)7-29-15-33(11-23(45)46)5-3-31(9-21(41)42)1-2-32(10-22(43)44)4-6-34(12-24(47)48)16-30-8-18(38)26(50)28(52)20(40)14-36/h17-20,25-30,35-40,49-52H,1-16H2,(H,41,42)(H,43,44)(H,45,46)(H,47,48)/t17-,18-,19+,20+,25-,26-,27-,28-/m1/s1. The Morgan fingerprint density at radius 3 is 0.885 bits per heavy atom. The van der Waals surface area contributed by atoms with Crippen LogP contribution in [0.15, 0.2) is 0 Å². The molecular weight excluding hydrogens is 708 g/mol. The first kappa shape index (κ1) is 49.2. The smallest absolute Gasteiger partial charge is 0.317 e. The summed E-state index contributed by atoms with van der Waals surface area (Å²) in [5.74, 6) is -4.97. The molecule has 0 saturated carbocycles. The predicted octanol–water partition coefficient (Wildman–Crippen LogP) is -9.50. The number of nitrogens with one attached hydrogen (secondary N) is 2. The van der Waals surface area contributed by atoms with E-state index in [4.69, 9.17) is 10.2 Å². The van der Waals surface area contributed by atoms with Crippen LogP contribution in [0.4, 0.5) is 0 Å². The van der Waals surface area contributed by atoms with Crippen LogP contribution >= 0.6 is 0 Å². The molecule has 0 aromatic carbocycles. The van der Waals surface area contributed by atoms with Gasteiger partial charge < -0.3 is 82.1 Å². The van der Waals surface area contributed by atoms with Gasteiger partial charge in [0, 0.05) is 65.7 Å². The van der Waals surface area contributed by atoms with Gasteiger partial charge in [0.2, 0.25) is 0 Å². The lowest BCUT2D eigenvalue weighted by molar-refractivity contribution is -0.141. The molecule has 0 aromatic rings. The minimum Gasteiger partial charge on any atom is -0.480 e. The van der Waals surface area contributed by atoms with E-state index in [0.717, 1.165) is 0 Å². The number of carboxylic acids is 4. The fraction of sp³-hybridized carbons (Fsp3) is 0.857. The zero-order valence-corrected chi connectivity index (χ0v) is 28.6. The normalized spacial score (nSPS) is 16.8. The molecule has 0 aromatic heterocycles. The number of hydrogen-bond acceptors (Lipinski definition) is 20. The molecule has 0 bridgehead atoms. The van der Waals surface area contributed by atoms with Crippen molar-refractivity contribution in [3.63, 3.8) is 0 Å². The number of aliphatic carboxylic acids is 4. The highest BCUT2D eigenvalue weighted by Gasteiger charge is 2.31. The lowest BCUT2D eigenvalue weighted by Gasteiger charge is -2.30. The fourth-order valence-electron chi connectivity index (χ4n) is 4.69. The van der Waals surface area contributed by atoms with Crippen molar-refractivity contribution in [1.29, 1.82) is 0 Å². The van der Waals surface area contributed by atoms with Crippen LogP contribution in [-0.2, 0) is 19.2 Å². The first-order valence-electron chi connectivity index (χ1n) is 16.2. The molecule has 8 atom stereocenters. The molecule has 0 fully saturated rings. The quantitative estimate of drug-likeness (QED) is 0.0276. The Morgan fingerprint density at radius 1 is 0.404 bits per heavy atom. The van der Waals surface area contributed by atoms with Gasteiger partial charge in [0.25, 0.3) is 0 Å². The van der Waals surface area contributed by atoms with E-state index in [1.807, 2.05) is 0 Å². The Morgan fingerprint density at radius 2 is 0.635 bits per heavy atom. The van der Waals surface area contributed by atoms with Crippen molar-refractivity contribution in [2.75, 3.05) is 105 Å². The van der Waals surface area contributed by atoms with Gasteiger partial charge in [-0.3, -0.25) is 38.8 Å². The van der Waals surface area contributed by atoms with Crippen LogP contribution in [0, 0.1) is 0 Å². The van der Waals surface area contributed by atoms with E-state index in [2.05, 4.69) is 10.6 Å². The summed E-state index contributed by atoms with van der Waals surface area (Å²) in [6.45, 7) is -5.12. The molecule has 0 saturated heterocycles. The van der Waals surface area contributed by atoms with E-state index < -0.39 is 112 Å². The largest absolute Gasteiger partial charge is 0.480 e. The Balaban J connectivity index is 5.35. The number of carboxylic acid groups (broad SMARTS) is 4. The van der Waals surface area contributed by atoms with Gasteiger partial charge in [0.15, 0.2) is 0 Å². The van der Waals surface area contributed by atoms with Gasteiger partial charge in [-0.2, -0.15) is 0 Å². The molecular formula is C28H56N6O18. The van der Waals surface area contributed by atoms with Gasteiger partial charge in [0.05, 0.1) is 51.6 Å². The molecule has 0 amide bonds. The molecule has 0 radical (unpaired) electrons. The zero-order chi connectivity index (χ0) is 40.0. The number of carbonyl (C=O) groups is 4. The first-order valence-corrected chi connectivity index (χ1v) is 16.2. The minimum atomic E-state index is -1.87. The lowest BCUT2D eigenvalue weighted by atomic mass is 10.0. The van der Waals surface area contributed by atoms with Crippen molar-refractivity contribution >= 4 is 23.9 Å². The average molecular weight is 765 g/mol. The van der Waals surface area contributed by atoms with Crippen molar-refractivity contribution in [3.8, 4) is 0 Å². The second kappa shape index (κ2) is 26.9. The van der Waals surface area contributed by atoms with Gasteiger partial charge in [0.1, 0.15) is 36.6 Å². The van der Waals surface area contributed by atoms with Crippen molar-refractivity contribution in [2.45, 2.75) is 48.8 Å². The SMILES string of the molecule is O=C(O)CN(CCN(CCN(CNC[C@@H](O)[C@@H](O)[C@H](O)[C@@H](O)CO)CC(=O)O)CC(=O)O)CCN(CNC[C@@H](O)[C@@H](O)[C@H](O)[C@@H](O)CO)CC(=O)O. The van der Waals surface area contributed by atoms with Crippen molar-refractivity contribution < 1.29 is 90.7 Å². The Hall–Kier alpha value is -2.76. The number of aliphatic hydroxyl groups is 10. The molecule has 0 spiro atoms. The maximum Gasteiger partial charge on any atom is 0.317 e. The highest BCUT2D eigenvalue weighted by molar-refractivity contribution is 5.70. The monoisotopic (exact) mass is 764 g/mol. The van der Waals surface area contributed by atoms with Gasteiger partial charge in [-0.25, -0.2) is 0 Å².